The Balaban J connectivity index is 1.08. The summed E-state index contributed by atoms with van der Waals surface area (Å²) < 4.78 is 23.8. The summed E-state index contributed by atoms with van der Waals surface area (Å²) in [5.74, 6) is -2.23. The molecule has 1 atom stereocenters. The third kappa shape index (κ3) is 27.6. The van der Waals surface area contributed by atoms with Crippen molar-refractivity contribution in [1.29, 1.82) is 0 Å². The lowest BCUT2D eigenvalue weighted by atomic mass is 9.92. The van der Waals surface area contributed by atoms with E-state index >= 15 is 0 Å². The number of carbonyl (C=O) groups excluding carboxylic acids is 4. The van der Waals surface area contributed by atoms with Gasteiger partial charge in [0.2, 0.25) is 5.91 Å². The minimum atomic E-state index is -0.937. The Labute approximate surface area is 433 Å². The molecule has 73 heavy (non-hydrogen) atoms. The van der Waals surface area contributed by atoms with Crippen molar-refractivity contribution in [3.63, 3.8) is 0 Å². The van der Waals surface area contributed by atoms with Crippen molar-refractivity contribution >= 4 is 46.1 Å². The number of allylic oxidation sites excluding steroid dienone is 1. The van der Waals surface area contributed by atoms with Crippen LogP contribution in [0.15, 0.2) is 42.7 Å². The number of carbonyl (C=O) groups is 6. The van der Waals surface area contributed by atoms with Crippen molar-refractivity contribution in [2.45, 2.75) is 174 Å². The van der Waals surface area contributed by atoms with Gasteiger partial charge in [0.1, 0.15) is 30.5 Å². The molecule has 2 heterocycles. The number of rotatable bonds is 46. The van der Waals surface area contributed by atoms with E-state index in [2.05, 4.69) is 27.0 Å². The quantitative estimate of drug-likeness (QED) is 0.0271. The number of aryl methyl sites for hydroxylation is 1. The molecule has 0 aliphatic rings. The summed E-state index contributed by atoms with van der Waals surface area (Å²) in [7, 11) is 0. The Hall–Kier alpha value is -5.23. The van der Waals surface area contributed by atoms with Crippen LogP contribution in [0.2, 0.25) is 0 Å². The molecule has 17 heteroatoms. The molecule has 0 radical (unpaired) electrons. The van der Waals surface area contributed by atoms with Crippen LogP contribution in [0.5, 0.6) is 0 Å². The van der Waals surface area contributed by atoms with Crippen molar-refractivity contribution in [3.05, 3.63) is 54.3 Å². The Morgan fingerprint density at radius 2 is 1.22 bits per heavy atom. The molecule has 17 nitrogen and oxygen atoms in total. The molecule has 1 aromatic carbocycles. The van der Waals surface area contributed by atoms with Gasteiger partial charge in [0, 0.05) is 81.6 Å². The van der Waals surface area contributed by atoms with Gasteiger partial charge in [-0.1, -0.05) is 95.3 Å². The summed E-state index contributed by atoms with van der Waals surface area (Å²) in [5, 5.41) is 26.4. The number of amides is 1. The Kier molecular flexibility index (Phi) is 31.9. The topological polar surface area (TPSA) is 235 Å². The third-order valence-corrected chi connectivity index (χ3v) is 12.6. The molecule has 2 aromatic heterocycles. The molecule has 0 saturated carbocycles. The molecular weight excluding hydrogens is 935 g/mol. The number of aliphatic carboxylic acids is 2. The molecule has 1 amide bonds. The highest BCUT2D eigenvalue weighted by molar-refractivity contribution is 6.05. The second-order valence-electron chi connectivity index (χ2n) is 19.3. The zero-order valence-corrected chi connectivity index (χ0v) is 44.1. The summed E-state index contributed by atoms with van der Waals surface area (Å²) in [5.41, 5.74) is 3.92. The number of ketones is 3. The minimum absolute atomic E-state index is 0.0188. The minimum Gasteiger partial charge on any atom is -0.481 e. The lowest BCUT2D eigenvalue weighted by Gasteiger charge is -2.13. The van der Waals surface area contributed by atoms with E-state index < -0.39 is 17.9 Å². The lowest BCUT2D eigenvalue weighted by molar-refractivity contribution is -0.144. The molecule has 0 fully saturated rings. The first-order valence-corrected chi connectivity index (χ1v) is 26.8. The normalized spacial score (nSPS) is 11.8. The zero-order valence-electron chi connectivity index (χ0n) is 44.1. The predicted octanol–water partition coefficient (Wildman–Crippen LogP) is 10.1. The molecular formula is C56H85N5O12. The number of aromatic nitrogens is 4. The van der Waals surface area contributed by atoms with E-state index in [4.69, 9.17) is 24.1 Å². The van der Waals surface area contributed by atoms with Gasteiger partial charge in [0.25, 0.3) is 0 Å². The average molecular weight is 1020 g/mol. The monoisotopic (exact) mass is 1020 g/mol. The third-order valence-electron chi connectivity index (χ3n) is 12.6. The number of nitrogens with zero attached hydrogens (tertiary/aromatic N) is 4. The van der Waals surface area contributed by atoms with Crippen LogP contribution in [0.25, 0.3) is 22.0 Å². The SMILES string of the molecule is C=C(CCCOCCOCC(=O)NCCOCCOCC(=O)CCc1ncc(-c2ccc3c(c2)c(C(C)=O)nn3C(C)C)cn1)CC[C@H](CC(=O)CCCCCCCCCCCCCCCCC(=O)O)C(=O)O. The first-order chi connectivity index (χ1) is 35.2. The van der Waals surface area contributed by atoms with Gasteiger partial charge in [-0.25, -0.2) is 9.97 Å². The van der Waals surface area contributed by atoms with Gasteiger partial charge < -0.3 is 34.5 Å². The van der Waals surface area contributed by atoms with Crippen LogP contribution < -0.4 is 5.32 Å². The maximum absolute atomic E-state index is 12.6. The van der Waals surface area contributed by atoms with Gasteiger partial charge in [-0.3, -0.25) is 33.4 Å². The van der Waals surface area contributed by atoms with Crippen LogP contribution in [0.4, 0.5) is 0 Å². The van der Waals surface area contributed by atoms with Crippen LogP contribution in [-0.4, -0.2) is 125 Å². The number of hydrogen-bond donors (Lipinski definition) is 3. The predicted molar refractivity (Wildman–Crippen MR) is 281 cm³/mol. The van der Waals surface area contributed by atoms with E-state index in [1.807, 2.05) is 36.7 Å². The van der Waals surface area contributed by atoms with Crippen molar-refractivity contribution in [3.8, 4) is 11.1 Å². The van der Waals surface area contributed by atoms with Gasteiger partial charge in [-0.05, 0) is 70.1 Å². The standard InChI is InChI=1S/C56H85N5O12/c1-42(2)61-51-27-25-45(37-50(51)55(60-61)44(4)62)47-38-58-52(59-39-47)28-26-49(64)40-72-34-33-71-31-29-57-53(65)41-73-35-32-70-30-19-20-43(3)23-24-46(56(68)69)36-48(63)21-17-15-13-11-9-7-5-6-8-10-12-14-16-18-22-54(66)67/h25,27,37-39,42,46H,3,5-24,26,28-36,40-41H2,1-2,4H3,(H,57,65)(H,66,67)(H,68,69)/t46-/m1/s1. The molecule has 3 N–H and O–H groups in total. The Bertz CT molecular complexity index is 2120. The largest absolute Gasteiger partial charge is 0.481 e. The number of unbranched alkanes of at least 4 members (excludes halogenated alkanes) is 13. The first-order valence-electron chi connectivity index (χ1n) is 26.8. The molecule has 0 bridgehead atoms. The molecule has 0 unspecified atom stereocenters. The Morgan fingerprint density at radius 1 is 0.644 bits per heavy atom. The molecule has 0 saturated heterocycles. The van der Waals surface area contributed by atoms with Crippen molar-refractivity contribution in [2.24, 2.45) is 5.92 Å². The number of hydrogen-bond acceptors (Lipinski definition) is 13. The summed E-state index contributed by atoms with van der Waals surface area (Å²) >= 11 is 0. The Morgan fingerprint density at radius 3 is 1.81 bits per heavy atom. The fraction of sp³-hybridized carbons (Fsp3) is 0.661. The average Bonchev–Trinajstić information content (AvgIpc) is 3.76. The van der Waals surface area contributed by atoms with E-state index in [-0.39, 0.29) is 88.2 Å². The maximum atomic E-state index is 12.6. The number of carboxylic acid groups (broad SMARTS) is 2. The van der Waals surface area contributed by atoms with Crippen LogP contribution in [0.1, 0.15) is 184 Å². The van der Waals surface area contributed by atoms with Crippen molar-refractivity contribution in [2.75, 3.05) is 59.4 Å². The van der Waals surface area contributed by atoms with Crippen LogP contribution in [-0.2, 0) is 49.3 Å². The summed E-state index contributed by atoms with van der Waals surface area (Å²) in [6.07, 6.45) is 22.8. The van der Waals surface area contributed by atoms with Gasteiger partial charge in [-0.15, -0.1) is 0 Å². The van der Waals surface area contributed by atoms with Crippen molar-refractivity contribution < 1.29 is 57.9 Å². The summed E-state index contributed by atoms with van der Waals surface area (Å²) in [6, 6.07) is 5.96. The molecule has 406 valence electrons. The van der Waals surface area contributed by atoms with E-state index in [1.54, 1.807) is 12.4 Å². The van der Waals surface area contributed by atoms with E-state index in [9.17, 15) is 33.9 Å². The first kappa shape index (κ1) is 62.1. The number of nitrogens with one attached hydrogen (secondary N) is 1. The highest BCUT2D eigenvalue weighted by atomic mass is 16.5. The second-order valence-corrected chi connectivity index (χ2v) is 19.3. The highest BCUT2D eigenvalue weighted by Gasteiger charge is 2.21. The molecule has 0 spiro atoms. The molecule has 3 aromatic rings. The van der Waals surface area contributed by atoms with E-state index in [0.717, 1.165) is 72.5 Å². The number of fused-ring (bicyclic) bond motifs is 1. The van der Waals surface area contributed by atoms with Crippen molar-refractivity contribution in [1.82, 2.24) is 25.1 Å². The second kappa shape index (κ2) is 37.5. The number of benzene rings is 1. The van der Waals surface area contributed by atoms with Crippen LogP contribution >= 0.6 is 0 Å². The fourth-order valence-corrected chi connectivity index (χ4v) is 8.37. The zero-order chi connectivity index (χ0) is 53.1. The van der Waals surface area contributed by atoms with E-state index in [0.29, 0.717) is 63.4 Å². The lowest BCUT2D eigenvalue weighted by Crippen LogP contribution is -2.31. The van der Waals surface area contributed by atoms with Gasteiger partial charge in [-0.2, -0.15) is 5.10 Å². The highest BCUT2D eigenvalue weighted by Crippen LogP contribution is 2.28. The van der Waals surface area contributed by atoms with E-state index in [1.165, 1.54) is 58.3 Å². The van der Waals surface area contributed by atoms with Crippen LogP contribution in [0.3, 0.4) is 0 Å². The number of Topliss-reactive ketones (excluding diaryl/α,β-unsaturated/α-hetero) is 3. The number of ether oxygens (including phenoxy) is 4. The number of carboxylic acids is 2. The summed E-state index contributed by atoms with van der Waals surface area (Å²) in [4.78, 5) is 80.6. The van der Waals surface area contributed by atoms with Gasteiger partial charge in [0.15, 0.2) is 11.6 Å². The fourth-order valence-electron chi connectivity index (χ4n) is 8.37. The van der Waals surface area contributed by atoms with Gasteiger partial charge in [0.05, 0.1) is 44.5 Å². The smallest absolute Gasteiger partial charge is 0.306 e. The molecule has 0 aliphatic carbocycles. The summed E-state index contributed by atoms with van der Waals surface area (Å²) in [6.45, 7) is 11.6. The molecule has 3 rings (SSSR count). The van der Waals surface area contributed by atoms with Crippen LogP contribution in [0, 0.1) is 5.92 Å². The van der Waals surface area contributed by atoms with Gasteiger partial charge >= 0.3 is 11.9 Å². The maximum Gasteiger partial charge on any atom is 0.306 e. The molecule has 0 aliphatic heterocycles.